The molecule has 0 amide bonds. The molecule has 0 saturated carbocycles. The molecule has 0 aliphatic rings. The molecule has 0 fully saturated rings. The number of nitrogens with zero attached hydrogens (tertiary/aromatic N) is 3. The van der Waals surface area contributed by atoms with Crippen molar-refractivity contribution >= 4 is 0 Å². The molecule has 2 aromatic rings. The van der Waals surface area contributed by atoms with Crippen LogP contribution < -0.4 is 4.74 Å². The summed E-state index contributed by atoms with van der Waals surface area (Å²) in [6.07, 6.45) is 1.72. The van der Waals surface area contributed by atoms with E-state index in [9.17, 15) is 0 Å². The molecule has 0 aliphatic carbocycles. The largest absolute Gasteiger partial charge is 0.494 e. The second kappa shape index (κ2) is 4.20. The Balaban J connectivity index is 2.44. The third-order valence-corrected chi connectivity index (χ3v) is 2.49. The predicted molar refractivity (Wildman–Crippen MR) is 66.6 cm³/mol. The van der Waals surface area contributed by atoms with Gasteiger partial charge in [-0.15, -0.1) is 0 Å². The van der Waals surface area contributed by atoms with E-state index in [4.69, 9.17) is 4.74 Å². The zero-order valence-electron chi connectivity index (χ0n) is 10.6. The highest BCUT2D eigenvalue weighted by Gasteiger charge is 2.19. The fraction of sp³-hybridized carbons (Fsp3) is 0.385. The minimum Gasteiger partial charge on any atom is -0.494 e. The molecule has 0 spiro atoms. The van der Waals surface area contributed by atoms with Crippen LogP contribution in [-0.4, -0.2) is 21.9 Å². The topological polar surface area (TPSA) is 39.9 Å². The van der Waals surface area contributed by atoms with Crippen LogP contribution in [0.15, 0.2) is 30.6 Å². The number of ether oxygens (including phenoxy) is 1. The van der Waals surface area contributed by atoms with Crippen LogP contribution in [0.1, 0.15) is 26.6 Å². The van der Waals surface area contributed by atoms with E-state index in [2.05, 4.69) is 30.9 Å². The molecule has 0 saturated heterocycles. The molecular weight excluding hydrogens is 214 g/mol. The smallest absolute Gasteiger partial charge is 0.156 e. The maximum atomic E-state index is 5.31. The summed E-state index contributed by atoms with van der Waals surface area (Å²) in [6.45, 7) is 6.28. The van der Waals surface area contributed by atoms with Crippen LogP contribution in [0.5, 0.6) is 5.75 Å². The Bertz CT molecular complexity index is 511. The van der Waals surface area contributed by atoms with Crippen LogP contribution in [0.3, 0.4) is 0 Å². The lowest BCUT2D eigenvalue weighted by Gasteiger charge is -2.12. The van der Waals surface area contributed by atoms with Gasteiger partial charge in [-0.05, 0) is 12.1 Å². The molecule has 17 heavy (non-hydrogen) atoms. The van der Waals surface area contributed by atoms with E-state index in [-0.39, 0.29) is 5.41 Å². The van der Waals surface area contributed by atoms with Crippen LogP contribution >= 0.6 is 0 Å². The lowest BCUT2D eigenvalue weighted by atomic mass is 9.96. The Labute approximate surface area is 101 Å². The molecule has 0 N–H and O–H groups in total. The van der Waals surface area contributed by atoms with Gasteiger partial charge in [0.2, 0.25) is 0 Å². The fourth-order valence-corrected chi connectivity index (χ4v) is 1.54. The average Bonchev–Trinajstić information content (AvgIpc) is 2.77. The van der Waals surface area contributed by atoms with Gasteiger partial charge in [-0.3, -0.25) is 0 Å². The average molecular weight is 231 g/mol. The zero-order chi connectivity index (χ0) is 12.5. The molecule has 0 atom stereocenters. The van der Waals surface area contributed by atoms with Crippen molar-refractivity contribution in [1.82, 2.24) is 14.8 Å². The number of rotatable bonds is 2. The highest BCUT2D eigenvalue weighted by atomic mass is 16.5. The fourth-order valence-electron chi connectivity index (χ4n) is 1.54. The van der Waals surface area contributed by atoms with Crippen molar-refractivity contribution in [3.05, 3.63) is 36.4 Å². The second-order valence-corrected chi connectivity index (χ2v) is 4.93. The van der Waals surface area contributed by atoms with Crippen molar-refractivity contribution in [1.29, 1.82) is 0 Å². The van der Waals surface area contributed by atoms with Gasteiger partial charge in [-0.25, -0.2) is 9.67 Å². The summed E-state index contributed by atoms with van der Waals surface area (Å²) in [5, 5.41) is 4.49. The van der Waals surface area contributed by atoms with Crippen molar-refractivity contribution in [2.45, 2.75) is 26.2 Å². The molecule has 90 valence electrons. The van der Waals surface area contributed by atoms with E-state index in [0.717, 1.165) is 17.3 Å². The van der Waals surface area contributed by atoms with E-state index in [1.165, 1.54) is 0 Å². The molecule has 4 heteroatoms. The van der Waals surface area contributed by atoms with Gasteiger partial charge in [0.25, 0.3) is 0 Å². The van der Waals surface area contributed by atoms with Gasteiger partial charge in [-0.2, -0.15) is 5.10 Å². The van der Waals surface area contributed by atoms with Gasteiger partial charge in [0.1, 0.15) is 17.8 Å². The molecule has 1 aromatic carbocycles. The summed E-state index contributed by atoms with van der Waals surface area (Å²) in [5.74, 6) is 1.61. The van der Waals surface area contributed by atoms with Crippen molar-refractivity contribution in [2.24, 2.45) is 0 Å². The molecule has 0 unspecified atom stereocenters. The van der Waals surface area contributed by atoms with E-state index >= 15 is 0 Å². The lowest BCUT2D eigenvalue weighted by Crippen LogP contribution is -2.14. The molecule has 0 bridgehead atoms. The summed E-state index contributed by atoms with van der Waals surface area (Å²) >= 11 is 0. The van der Waals surface area contributed by atoms with E-state index in [1.807, 2.05) is 24.3 Å². The van der Waals surface area contributed by atoms with Gasteiger partial charge in [0.05, 0.1) is 7.11 Å². The quantitative estimate of drug-likeness (QED) is 0.797. The van der Waals surface area contributed by atoms with Crippen molar-refractivity contribution in [2.75, 3.05) is 7.11 Å². The van der Waals surface area contributed by atoms with Gasteiger partial charge < -0.3 is 4.74 Å². The van der Waals surface area contributed by atoms with Crippen molar-refractivity contribution in [3.8, 4) is 11.4 Å². The van der Waals surface area contributed by atoms with Gasteiger partial charge in [0.15, 0.2) is 5.82 Å². The Morgan fingerprint density at radius 1 is 1.18 bits per heavy atom. The Morgan fingerprint density at radius 2 is 1.88 bits per heavy atom. The first-order valence-corrected chi connectivity index (χ1v) is 5.58. The minimum atomic E-state index is -0.0483. The van der Waals surface area contributed by atoms with Crippen LogP contribution in [0.2, 0.25) is 0 Å². The predicted octanol–water partition coefficient (Wildman–Crippen LogP) is 2.57. The summed E-state index contributed by atoms with van der Waals surface area (Å²) in [4.78, 5) is 4.34. The van der Waals surface area contributed by atoms with Crippen LogP contribution in [-0.2, 0) is 5.41 Å². The second-order valence-electron chi connectivity index (χ2n) is 4.93. The third-order valence-electron chi connectivity index (χ3n) is 2.49. The first kappa shape index (κ1) is 11.6. The molecule has 4 nitrogen and oxygen atoms in total. The first-order chi connectivity index (χ1) is 8.02. The summed E-state index contributed by atoms with van der Waals surface area (Å²) in [6, 6.07) is 7.76. The van der Waals surface area contributed by atoms with E-state index in [0.29, 0.717) is 0 Å². The molecule has 0 radical (unpaired) electrons. The maximum Gasteiger partial charge on any atom is 0.156 e. The van der Waals surface area contributed by atoms with E-state index in [1.54, 1.807) is 18.1 Å². The number of hydrogen-bond donors (Lipinski definition) is 0. The van der Waals surface area contributed by atoms with Crippen LogP contribution in [0, 0.1) is 0 Å². The van der Waals surface area contributed by atoms with Crippen LogP contribution in [0.4, 0.5) is 0 Å². The summed E-state index contributed by atoms with van der Waals surface area (Å²) in [7, 11) is 1.65. The van der Waals surface area contributed by atoms with E-state index < -0.39 is 0 Å². The maximum absolute atomic E-state index is 5.31. The van der Waals surface area contributed by atoms with Gasteiger partial charge >= 0.3 is 0 Å². The number of methoxy groups -OCH3 is 1. The molecule has 0 aliphatic heterocycles. The van der Waals surface area contributed by atoms with Crippen molar-refractivity contribution in [3.63, 3.8) is 0 Å². The molecule has 1 aromatic heterocycles. The highest BCUT2D eigenvalue weighted by molar-refractivity contribution is 5.45. The normalized spacial score (nSPS) is 11.5. The number of benzene rings is 1. The van der Waals surface area contributed by atoms with Crippen LogP contribution in [0.25, 0.3) is 5.69 Å². The third kappa shape index (κ3) is 2.30. The number of aromatic nitrogens is 3. The first-order valence-electron chi connectivity index (χ1n) is 5.58. The Hall–Kier alpha value is -1.84. The lowest BCUT2D eigenvalue weighted by molar-refractivity contribution is 0.411. The highest BCUT2D eigenvalue weighted by Crippen LogP contribution is 2.23. The molecule has 2 rings (SSSR count). The Morgan fingerprint density at radius 3 is 2.47 bits per heavy atom. The standard InChI is InChI=1S/C13H17N3O/c1-13(2,3)12-14-9-16(15-12)10-7-5-6-8-11(10)17-4/h5-9H,1-4H3. The zero-order valence-corrected chi connectivity index (χ0v) is 10.6. The summed E-state index contributed by atoms with van der Waals surface area (Å²) in [5.41, 5.74) is 0.853. The molecule has 1 heterocycles. The number of para-hydroxylation sites is 2. The van der Waals surface area contributed by atoms with Crippen molar-refractivity contribution < 1.29 is 4.74 Å². The van der Waals surface area contributed by atoms with Gasteiger partial charge in [0, 0.05) is 5.41 Å². The number of hydrogen-bond acceptors (Lipinski definition) is 3. The minimum absolute atomic E-state index is 0.0483. The van der Waals surface area contributed by atoms with Gasteiger partial charge in [-0.1, -0.05) is 32.9 Å². The molecular formula is C13H17N3O. The monoisotopic (exact) mass is 231 g/mol. The SMILES string of the molecule is COc1ccccc1-n1cnc(C(C)(C)C)n1. The Kier molecular flexibility index (Phi) is 2.88. The summed E-state index contributed by atoms with van der Waals surface area (Å²) < 4.78 is 7.06.